The molecule has 0 saturated carbocycles. The monoisotopic (exact) mass is 524 g/mol. The molecular formula is C32H36N4O3. The fourth-order valence-electron chi connectivity index (χ4n) is 5.83. The molecule has 3 N–H and O–H groups in total. The van der Waals surface area contributed by atoms with Gasteiger partial charge in [-0.3, -0.25) is 14.4 Å². The van der Waals surface area contributed by atoms with E-state index < -0.39 is 18.1 Å². The van der Waals surface area contributed by atoms with Gasteiger partial charge in [-0.05, 0) is 55.5 Å². The van der Waals surface area contributed by atoms with Gasteiger partial charge in [0.1, 0.15) is 12.1 Å². The molecule has 5 rings (SSSR count). The van der Waals surface area contributed by atoms with Gasteiger partial charge in [0.25, 0.3) is 0 Å². The van der Waals surface area contributed by atoms with E-state index >= 15 is 0 Å². The molecule has 3 amide bonds. The molecule has 1 saturated heterocycles. The van der Waals surface area contributed by atoms with E-state index in [1.165, 1.54) is 0 Å². The Morgan fingerprint density at radius 1 is 0.872 bits per heavy atom. The molecule has 0 spiro atoms. The summed E-state index contributed by atoms with van der Waals surface area (Å²) in [5.74, 6) is -0.625. The zero-order valence-electron chi connectivity index (χ0n) is 22.5. The van der Waals surface area contributed by atoms with E-state index in [1.54, 1.807) is 18.9 Å². The van der Waals surface area contributed by atoms with Crippen LogP contribution in [0.15, 0.2) is 84.9 Å². The molecule has 7 heteroatoms. The Kier molecular flexibility index (Phi) is 8.07. The Balaban J connectivity index is 1.48. The number of fused-ring (bicyclic) bond motifs is 3. The Hall–Kier alpha value is -3.97. The van der Waals surface area contributed by atoms with Crippen LogP contribution in [0.25, 0.3) is 0 Å². The van der Waals surface area contributed by atoms with Gasteiger partial charge in [0.15, 0.2) is 0 Å². The molecule has 4 atom stereocenters. The largest absolute Gasteiger partial charge is 0.343 e. The minimum absolute atomic E-state index is 0.182. The number of likely N-dealkylation sites (N-methyl/N-ethyl adjacent to an activating group) is 1. The zero-order valence-corrected chi connectivity index (χ0v) is 22.5. The van der Waals surface area contributed by atoms with Gasteiger partial charge in [0, 0.05) is 6.42 Å². The molecule has 2 aliphatic rings. The smallest absolute Gasteiger partial charge is 0.246 e. The third kappa shape index (κ3) is 5.59. The van der Waals surface area contributed by atoms with E-state index in [0.29, 0.717) is 12.8 Å². The molecule has 0 aromatic heterocycles. The van der Waals surface area contributed by atoms with Crippen LogP contribution in [0, 0.1) is 0 Å². The summed E-state index contributed by atoms with van der Waals surface area (Å²) >= 11 is 0. The van der Waals surface area contributed by atoms with Gasteiger partial charge >= 0.3 is 0 Å². The van der Waals surface area contributed by atoms with Gasteiger partial charge in [-0.15, -0.1) is 0 Å². The molecule has 39 heavy (non-hydrogen) atoms. The zero-order chi connectivity index (χ0) is 27.4. The predicted molar refractivity (Wildman–Crippen MR) is 151 cm³/mol. The van der Waals surface area contributed by atoms with Crippen molar-refractivity contribution in [1.29, 1.82) is 0 Å². The average molecular weight is 525 g/mol. The fourth-order valence-corrected chi connectivity index (χ4v) is 5.83. The molecule has 2 aliphatic heterocycles. The summed E-state index contributed by atoms with van der Waals surface area (Å²) in [4.78, 5) is 42.8. The molecule has 202 valence electrons. The van der Waals surface area contributed by atoms with Crippen LogP contribution < -0.4 is 16.0 Å². The molecule has 7 nitrogen and oxygen atoms in total. The lowest BCUT2D eigenvalue weighted by Crippen LogP contribution is -2.59. The minimum Gasteiger partial charge on any atom is -0.343 e. The lowest BCUT2D eigenvalue weighted by Gasteiger charge is -2.42. The summed E-state index contributed by atoms with van der Waals surface area (Å²) in [6, 6.07) is 25.4. The number of rotatable bonds is 7. The van der Waals surface area contributed by atoms with Crippen molar-refractivity contribution < 1.29 is 14.4 Å². The maximum absolute atomic E-state index is 14.1. The van der Waals surface area contributed by atoms with Crippen LogP contribution in [0.4, 0.5) is 0 Å². The first kappa shape index (κ1) is 26.6. The SMILES string of the molecule is CN[C@@H](C)C(=O)N[C@H]1Cc2ccccc2[C@H]2CCC[C@@H](C(=O)NC(c3ccccc3)c3ccccc3)N2C1=O. The third-order valence-corrected chi connectivity index (χ3v) is 8.02. The van der Waals surface area contributed by atoms with Crippen LogP contribution >= 0.6 is 0 Å². The van der Waals surface area contributed by atoms with E-state index in [2.05, 4.69) is 22.0 Å². The lowest BCUT2D eigenvalue weighted by molar-refractivity contribution is -0.148. The van der Waals surface area contributed by atoms with Crippen molar-refractivity contribution in [3.63, 3.8) is 0 Å². The highest BCUT2D eigenvalue weighted by atomic mass is 16.2. The van der Waals surface area contributed by atoms with Crippen LogP contribution in [-0.2, 0) is 20.8 Å². The summed E-state index contributed by atoms with van der Waals surface area (Å²) < 4.78 is 0. The van der Waals surface area contributed by atoms with Crippen LogP contribution in [0.3, 0.4) is 0 Å². The van der Waals surface area contributed by atoms with Crippen LogP contribution in [0.2, 0.25) is 0 Å². The summed E-state index contributed by atoms with van der Waals surface area (Å²) in [5.41, 5.74) is 4.05. The molecule has 3 aromatic carbocycles. The summed E-state index contributed by atoms with van der Waals surface area (Å²) in [6.45, 7) is 1.76. The van der Waals surface area contributed by atoms with Crippen molar-refractivity contribution in [2.24, 2.45) is 0 Å². The van der Waals surface area contributed by atoms with Crippen LogP contribution in [0.1, 0.15) is 60.5 Å². The minimum atomic E-state index is -0.744. The number of amides is 3. The highest BCUT2D eigenvalue weighted by Crippen LogP contribution is 2.39. The molecule has 3 aromatic rings. The van der Waals surface area contributed by atoms with Crippen LogP contribution in [0.5, 0.6) is 0 Å². The second-order valence-electron chi connectivity index (χ2n) is 10.4. The van der Waals surface area contributed by atoms with Crippen molar-refractivity contribution >= 4 is 17.7 Å². The summed E-state index contributed by atoms with van der Waals surface area (Å²) in [6.07, 6.45) is 2.58. The number of benzene rings is 3. The summed E-state index contributed by atoms with van der Waals surface area (Å²) in [5, 5.41) is 9.17. The fraction of sp³-hybridized carbons (Fsp3) is 0.344. The number of piperidine rings is 1. The van der Waals surface area contributed by atoms with Crippen LogP contribution in [-0.4, -0.2) is 47.8 Å². The molecular weight excluding hydrogens is 488 g/mol. The van der Waals surface area contributed by atoms with Crippen molar-refractivity contribution in [3.05, 3.63) is 107 Å². The number of hydrogen-bond acceptors (Lipinski definition) is 4. The topological polar surface area (TPSA) is 90.5 Å². The van der Waals surface area contributed by atoms with Gasteiger partial charge in [0.05, 0.1) is 18.1 Å². The van der Waals surface area contributed by atoms with Gasteiger partial charge in [0.2, 0.25) is 17.7 Å². The molecule has 0 unspecified atom stereocenters. The Labute approximate surface area is 230 Å². The molecule has 0 radical (unpaired) electrons. The van der Waals surface area contributed by atoms with Crippen molar-refractivity contribution in [2.45, 2.75) is 62.8 Å². The van der Waals surface area contributed by atoms with Gasteiger partial charge in [-0.1, -0.05) is 84.9 Å². The first-order valence-corrected chi connectivity index (χ1v) is 13.8. The number of nitrogens with zero attached hydrogens (tertiary/aromatic N) is 1. The molecule has 2 heterocycles. The van der Waals surface area contributed by atoms with Gasteiger partial charge < -0.3 is 20.9 Å². The Morgan fingerprint density at radius 2 is 1.49 bits per heavy atom. The highest BCUT2D eigenvalue weighted by molar-refractivity contribution is 5.94. The second kappa shape index (κ2) is 11.8. The Morgan fingerprint density at radius 3 is 2.13 bits per heavy atom. The third-order valence-electron chi connectivity index (χ3n) is 8.02. The van der Waals surface area contributed by atoms with E-state index in [1.807, 2.05) is 78.9 Å². The van der Waals surface area contributed by atoms with Crippen molar-refractivity contribution in [1.82, 2.24) is 20.9 Å². The van der Waals surface area contributed by atoms with E-state index in [4.69, 9.17) is 0 Å². The van der Waals surface area contributed by atoms with E-state index in [0.717, 1.165) is 35.1 Å². The van der Waals surface area contributed by atoms with E-state index in [-0.39, 0.29) is 29.8 Å². The number of carbonyl (C=O) groups is 3. The number of nitrogens with one attached hydrogen (secondary N) is 3. The second-order valence-corrected chi connectivity index (χ2v) is 10.4. The van der Waals surface area contributed by atoms with Gasteiger partial charge in [-0.25, -0.2) is 0 Å². The lowest BCUT2D eigenvalue weighted by atomic mass is 9.88. The normalized spacial score (nSPS) is 21.4. The highest BCUT2D eigenvalue weighted by Gasteiger charge is 2.45. The average Bonchev–Trinajstić information content (AvgIpc) is 3.10. The standard InChI is InChI=1S/C32H36N4O3/c1-21(33-2)30(37)34-26-20-24-16-9-10-17-25(24)27-18-11-19-28(36(27)32(26)39)31(38)35-29(22-12-5-3-6-13-22)23-14-7-4-8-15-23/h3-10,12-17,21,26-29,33H,11,18-20H2,1-2H3,(H,34,37)(H,35,38)/t21-,26-,27+,28-/m0/s1. The van der Waals surface area contributed by atoms with Crippen molar-refractivity contribution in [3.8, 4) is 0 Å². The number of hydrogen-bond donors (Lipinski definition) is 3. The molecule has 1 fully saturated rings. The summed E-state index contributed by atoms with van der Waals surface area (Å²) in [7, 11) is 1.71. The maximum Gasteiger partial charge on any atom is 0.246 e. The predicted octanol–water partition coefficient (Wildman–Crippen LogP) is 3.66. The molecule has 0 bridgehead atoms. The first-order valence-electron chi connectivity index (χ1n) is 13.8. The molecule has 0 aliphatic carbocycles. The first-order chi connectivity index (χ1) is 19.0. The maximum atomic E-state index is 14.1. The van der Waals surface area contributed by atoms with Crippen molar-refractivity contribution in [2.75, 3.05) is 7.05 Å². The number of carbonyl (C=O) groups excluding carboxylic acids is 3. The van der Waals surface area contributed by atoms with Gasteiger partial charge in [-0.2, -0.15) is 0 Å². The van der Waals surface area contributed by atoms with E-state index in [9.17, 15) is 14.4 Å². The Bertz CT molecular complexity index is 1270. The quantitative estimate of drug-likeness (QED) is 0.440.